The van der Waals surface area contributed by atoms with E-state index in [1.807, 2.05) is 13.0 Å². The maximum atomic E-state index is 12.7. The zero-order valence-corrected chi connectivity index (χ0v) is 14.4. The molecule has 1 aromatic carbocycles. The standard InChI is InChI=1S/C17H17ClF3NO3/c1-3-4-11-5-6-13(24-10-23-2)8-15(11)25-16-14(18)7-12(9-22-16)17(19,20)21/h5-9H,3-4,10H2,1-2H3. The van der Waals surface area contributed by atoms with Crippen molar-refractivity contribution in [3.63, 3.8) is 0 Å². The minimum absolute atomic E-state index is 0.0614. The number of halogens is 4. The van der Waals surface area contributed by atoms with Crippen molar-refractivity contribution in [2.75, 3.05) is 13.9 Å². The van der Waals surface area contributed by atoms with Crippen LogP contribution in [0.4, 0.5) is 13.2 Å². The summed E-state index contributed by atoms with van der Waals surface area (Å²) < 4.78 is 53.9. The van der Waals surface area contributed by atoms with Crippen LogP contribution in [0.1, 0.15) is 24.5 Å². The van der Waals surface area contributed by atoms with Crippen molar-refractivity contribution in [3.8, 4) is 17.4 Å². The van der Waals surface area contributed by atoms with Gasteiger partial charge in [-0.2, -0.15) is 13.2 Å². The number of benzene rings is 1. The van der Waals surface area contributed by atoms with Gasteiger partial charge in [-0.3, -0.25) is 0 Å². The van der Waals surface area contributed by atoms with E-state index in [-0.39, 0.29) is 17.7 Å². The third-order valence-electron chi connectivity index (χ3n) is 3.24. The molecule has 2 aromatic rings. The van der Waals surface area contributed by atoms with Crippen LogP contribution in [0.5, 0.6) is 17.4 Å². The lowest BCUT2D eigenvalue weighted by Crippen LogP contribution is -2.06. The third-order valence-corrected chi connectivity index (χ3v) is 3.51. The monoisotopic (exact) mass is 375 g/mol. The summed E-state index contributed by atoms with van der Waals surface area (Å²) in [5, 5.41) is -0.222. The van der Waals surface area contributed by atoms with Gasteiger partial charge in [-0.25, -0.2) is 4.98 Å². The van der Waals surface area contributed by atoms with Crippen LogP contribution in [-0.4, -0.2) is 18.9 Å². The fourth-order valence-electron chi connectivity index (χ4n) is 2.08. The quantitative estimate of drug-likeness (QED) is 0.601. The molecule has 0 unspecified atom stereocenters. The van der Waals surface area contributed by atoms with Crippen molar-refractivity contribution in [2.24, 2.45) is 0 Å². The predicted molar refractivity (Wildman–Crippen MR) is 87.3 cm³/mol. The van der Waals surface area contributed by atoms with Gasteiger partial charge in [-0.1, -0.05) is 31.0 Å². The highest BCUT2D eigenvalue weighted by Crippen LogP contribution is 2.36. The lowest BCUT2D eigenvalue weighted by molar-refractivity contribution is -0.137. The fourth-order valence-corrected chi connectivity index (χ4v) is 2.29. The Bertz CT molecular complexity index is 723. The van der Waals surface area contributed by atoms with Gasteiger partial charge in [0.05, 0.1) is 5.56 Å². The molecule has 136 valence electrons. The summed E-state index contributed by atoms with van der Waals surface area (Å²) in [6, 6.07) is 5.99. The summed E-state index contributed by atoms with van der Waals surface area (Å²) in [7, 11) is 1.49. The van der Waals surface area contributed by atoms with E-state index in [9.17, 15) is 13.2 Å². The number of methoxy groups -OCH3 is 1. The third kappa shape index (κ3) is 5.24. The second-order valence-electron chi connectivity index (χ2n) is 5.18. The van der Waals surface area contributed by atoms with E-state index in [0.29, 0.717) is 17.7 Å². The number of pyridine rings is 1. The first kappa shape index (κ1) is 19.3. The summed E-state index contributed by atoms with van der Waals surface area (Å²) in [6.07, 6.45) is -2.25. The Labute approximate surface area is 148 Å². The van der Waals surface area contributed by atoms with E-state index in [1.54, 1.807) is 12.1 Å². The molecule has 0 N–H and O–H groups in total. The van der Waals surface area contributed by atoms with Gasteiger partial charge in [0.25, 0.3) is 0 Å². The number of hydrogen-bond acceptors (Lipinski definition) is 4. The highest BCUT2D eigenvalue weighted by Gasteiger charge is 2.31. The van der Waals surface area contributed by atoms with Crippen LogP contribution in [0.15, 0.2) is 30.5 Å². The van der Waals surface area contributed by atoms with E-state index in [1.165, 1.54) is 7.11 Å². The van der Waals surface area contributed by atoms with Gasteiger partial charge < -0.3 is 14.2 Å². The molecule has 0 saturated heterocycles. The molecule has 0 aliphatic heterocycles. The maximum Gasteiger partial charge on any atom is 0.417 e. The van der Waals surface area contributed by atoms with Crippen molar-refractivity contribution in [1.29, 1.82) is 0 Å². The number of aromatic nitrogens is 1. The molecule has 25 heavy (non-hydrogen) atoms. The molecule has 0 amide bonds. The lowest BCUT2D eigenvalue weighted by Gasteiger charge is -2.14. The second-order valence-corrected chi connectivity index (χ2v) is 5.59. The van der Waals surface area contributed by atoms with Crippen LogP contribution in [-0.2, 0) is 17.3 Å². The predicted octanol–water partition coefficient (Wildman–Crippen LogP) is 5.48. The number of nitrogens with zero attached hydrogens (tertiary/aromatic N) is 1. The topological polar surface area (TPSA) is 40.6 Å². The Hall–Kier alpha value is -1.99. The first-order chi connectivity index (χ1) is 11.8. The van der Waals surface area contributed by atoms with Gasteiger partial charge in [0.15, 0.2) is 6.79 Å². The van der Waals surface area contributed by atoms with E-state index in [4.69, 9.17) is 25.8 Å². The zero-order chi connectivity index (χ0) is 18.4. The molecule has 4 nitrogen and oxygen atoms in total. The molecule has 8 heteroatoms. The lowest BCUT2D eigenvalue weighted by atomic mass is 10.1. The van der Waals surface area contributed by atoms with Gasteiger partial charge in [0.2, 0.25) is 5.88 Å². The SMILES string of the molecule is CCCc1ccc(OCOC)cc1Oc1ncc(C(F)(F)F)cc1Cl. The summed E-state index contributed by atoms with van der Waals surface area (Å²) >= 11 is 5.90. The van der Waals surface area contributed by atoms with Gasteiger partial charge in [0.1, 0.15) is 16.5 Å². The molecular weight excluding hydrogens is 359 g/mol. The van der Waals surface area contributed by atoms with Crippen LogP contribution in [0.25, 0.3) is 0 Å². The molecule has 0 atom stereocenters. The number of rotatable bonds is 7. The molecule has 0 saturated carbocycles. The van der Waals surface area contributed by atoms with Crippen molar-refractivity contribution in [2.45, 2.75) is 25.9 Å². The highest BCUT2D eigenvalue weighted by molar-refractivity contribution is 6.31. The first-order valence-electron chi connectivity index (χ1n) is 7.50. The number of ether oxygens (including phenoxy) is 3. The molecule has 1 heterocycles. The Morgan fingerprint density at radius 3 is 2.56 bits per heavy atom. The van der Waals surface area contributed by atoms with Gasteiger partial charge in [0, 0.05) is 19.4 Å². The van der Waals surface area contributed by atoms with E-state index in [2.05, 4.69) is 4.98 Å². The molecular formula is C17H17ClF3NO3. The number of alkyl halides is 3. The molecule has 0 aliphatic rings. The molecule has 0 fully saturated rings. The average molecular weight is 376 g/mol. The first-order valence-corrected chi connectivity index (χ1v) is 7.88. The van der Waals surface area contributed by atoms with Crippen molar-refractivity contribution in [1.82, 2.24) is 4.98 Å². The van der Waals surface area contributed by atoms with E-state index < -0.39 is 11.7 Å². The molecule has 2 rings (SSSR count). The van der Waals surface area contributed by atoms with Crippen LogP contribution >= 0.6 is 11.6 Å². The molecule has 1 aromatic heterocycles. The molecule has 0 bridgehead atoms. The van der Waals surface area contributed by atoms with E-state index >= 15 is 0 Å². The molecule has 0 spiro atoms. The summed E-state index contributed by atoms with van der Waals surface area (Å²) in [5.74, 6) is 0.820. The minimum atomic E-state index is -4.52. The fraction of sp³-hybridized carbons (Fsp3) is 0.353. The molecule has 0 aliphatic carbocycles. The van der Waals surface area contributed by atoms with Crippen LogP contribution < -0.4 is 9.47 Å². The van der Waals surface area contributed by atoms with E-state index in [0.717, 1.165) is 24.5 Å². The Morgan fingerprint density at radius 1 is 1.20 bits per heavy atom. The van der Waals surface area contributed by atoms with Gasteiger partial charge >= 0.3 is 6.18 Å². The number of aryl methyl sites for hydroxylation is 1. The Balaban J connectivity index is 2.31. The average Bonchev–Trinajstić information content (AvgIpc) is 2.56. The van der Waals surface area contributed by atoms with Crippen molar-refractivity contribution in [3.05, 3.63) is 46.6 Å². The normalized spacial score (nSPS) is 11.4. The summed E-state index contributed by atoms with van der Waals surface area (Å²) in [5.41, 5.74) is -0.0687. The summed E-state index contributed by atoms with van der Waals surface area (Å²) in [6.45, 7) is 2.06. The number of hydrogen-bond donors (Lipinski definition) is 0. The minimum Gasteiger partial charge on any atom is -0.467 e. The Kier molecular flexibility index (Phi) is 6.50. The van der Waals surface area contributed by atoms with Crippen molar-refractivity contribution >= 4 is 11.6 Å². The largest absolute Gasteiger partial charge is 0.467 e. The van der Waals surface area contributed by atoms with Gasteiger partial charge in [-0.05, 0) is 24.1 Å². The zero-order valence-electron chi connectivity index (χ0n) is 13.7. The highest BCUT2D eigenvalue weighted by atomic mass is 35.5. The maximum absolute atomic E-state index is 12.7. The second kappa shape index (κ2) is 8.40. The molecule has 0 radical (unpaired) electrons. The van der Waals surface area contributed by atoms with Gasteiger partial charge in [-0.15, -0.1) is 0 Å². The van der Waals surface area contributed by atoms with Crippen LogP contribution in [0, 0.1) is 0 Å². The van der Waals surface area contributed by atoms with Crippen LogP contribution in [0.3, 0.4) is 0 Å². The smallest absolute Gasteiger partial charge is 0.417 e. The van der Waals surface area contributed by atoms with Crippen LogP contribution in [0.2, 0.25) is 5.02 Å². The Morgan fingerprint density at radius 2 is 1.96 bits per heavy atom. The van der Waals surface area contributed by atoms with Crippen molar-refractivity contribution < 1.29 is 27.4 Å². The summed E-state index contributed by atoms with van der Waals surface area (Å²) in [4.78, 5) is 3.69.